The zero-order chi connectivity index (χ0) is 11.0. The largest absolute Gasteiger partial charge is 0.459 e. The number of ether oxygens (including phenoxy) is 2. The SMILES string of the molecule is CC(O)C[C@@H]1OC(=O)C[C@H]2C[C@H](O)[C@@H]1O2. The van der Waals surface area contributed by atoms with E-state index in [1.54, 1.807) is 6.92 Å². The summed E-state index contributed by atoms with van der Waals surface area (Å²) in [6, 6.07) is 0. The Morgan fingerprint density at radius 1 is 1.60 bits per heavy atom. The van der Waals surface area contributed by atoms with Crippen molar-refractivity contribution in [2.45, 2.75) is 56.7 Å². The summed E-state index contributed by atoms with van der Waals surface area (Å²) >= 11 is 0. The minimum atomic E-state index is -0.591. The Kier molecular flexibility index (Phi) is 2.95. The molecule has 0 aromatic heterocycles. The van der Waals surface area contributed by atoms with Gasteiger partial charge in [0.1, 0.15) is 12.2 Å². The number of hydrogen-bond acceptors (Lipinski definition) is 5. The van der Waals surface area contributed by atoms with Crippen molar-refractivity contribution in [3.8, 4) is 0 Å². The van der Waals surface area contributed by atoms with Gasteiger partial charge in [0.25, 0.3) is 0 Å². The van der Waals surface area contributed by atoms with Crippen molar-refractivity contribution in [1.82, 2.24) is 0 Å². The molecular weight excluding hydrogens is 200 g/mol. The second-order valence-corrected chi connectivity index (χ2v) is 4.34. The molecule has 2 bridgehead atoms. The molecule has 15 heavy (non-hydrogen) atoms. The molecule has 2 saturated heterocycles. The van der Waals surface area contributed by atoms with Gasteiger partial charge in [-0.05, 0) is 6.92 Å². The molecule has 2 fully saturated rings. The van der Waals surface area contributed by atoms with Crippen LogP contribution in [0.15, 0.2) is 0 Å². The van der Waals surface area contributed by atoms with Crippen LogP contribution < -0.4 is 0 Å². The second kappa shape index (κ2) is 4.08. The van der Waals surface area contributed by atoms with Gasteiger partial charge in [-0.3, -0.25) is 4.79 Å². The maximum Gasteiger partial charge on any atom is 0.308 e. The first-order valence-corrected chi connectivity index (χ1v) is 5.27. The smallest absolute Gasteiger partial charge is 0.308 e. The van der Waals surface area contributed by atoms with Crippen LogP contribution in [0.1, 0.15) is 26.2 Å². The molecule has 5 heteroatoms. The highest BCUT2D eigenvalue weighted by Gasteiger charge is 2.44. The summed E-state index contributed by atoms with van der Waals surface area (Å²) in [5.74, 6) is -0.306. The van der Waals surface area contributed by atoms with Gasteiger partial charge < -0.3 is 19.7 Å². The highest BCUT2D eigenvalue weighted by atomic mass is 16.6. The molecule has 2 heterocycles. The monoisotopic (exact) mass is 216 g/mol. The zero-order valence-electron chi connectivity index (χ0n) is 8.63. The highest BCUT2D eigenvalue weighted by Crippen LogP contribution is 2.31. The van der Waals surface area contributed by atoms with E-state index in [0.717, 1.165) is 0 Å². The topological polar surface area (TPSA) is 76.0 Å². The first-order valence-electron chi connectivity index (χ1n) is 5.27. The van der Waals surface area contributed by atoms with Crippen molar-refractivity contribution < 1.29 is 24.5 Å². The van der Waals surface area contributed by atoms with Crippen molar-refractivity contribution in [1.29, 1.82) is 0 Å². The predicted molar refractivity (Wildman–Crippen MR) is 50.1 cm³/mol. The lowest BCUT2D eigenvalue weighted by atomic mass is 10.00. The third kappa shape index (κ3) is 2.30. The van der Waals surface area contributed by atoms with Gasteiger partial charge in [0.15, 0.2) is 0 Å². The minimum Gasteiger partial charge on any atom is -0.459 e. The predicted octanol–water partition coefficient (Wildman–Crippen LogP) is -0.409. The maximum atomic E-state index is 11.3. The summed E-state index contributed by atoms with van der Waals surface area (Å²) in [6.45, 7) is 1.62. The average molecular weight is 216 g/mol. The standard InChI is InChI=1S/C10H16O5/c1-5(11)2-8-10-7(12)3-6(14-10)4-9(13)15-8/h5-8,10-12H,2-4H2,1H3/t5?,6-,7+,8+,10+/m1/s1. The quantitative estimate of drug-likeness (QED) is 0.614. The molecule has 0 amide bonds. The zero-order valence-corrected chi connectivity index (χ0v) is 8.63. The Balaban J connectivity index is 2.09. The van der Waals surface area contributed by atoms with E-state index in [1.165, 1.54) is 0 Å². The highest BCUT2D eigenvalue weighted by molar-refractivity contribution is 5.70. The average Bonchev–Trinajstić information content (AvgIpc) is 2.36. The lowest BCUT2D eigenvalue weighted by molar-refractivity contribution is -0.154. The molecule has 1 unspecified atom stereocenters. The minimum absolute atomic E-state index is 0.198. The van der Waals surface area contributed by atoms with E-state index in [1.807, 2.05) is 0 Å². The van der Waals surface area contributed by atoms with E-state index < -0.39 is 24.4 Å². The number of hydrogen-bond donors (Lipinski definition) is 2. The molecule has 0 aromatic rings. The number of carbonyl (C=O) groups is 1. The maximum absolute atomic E-state index is 11.3. The molecule has 0 spiro atoms. The number of cyclic esters (lactones) is 1. The van der Waals surface area contributed by atoms with Crippen LogP contribution in [0, 0.1) is 0 Å². The van der Waals surface area contributed by atoms with Crippen LogP contribution in [0.3, 0.4) is 0 Å². The number of esters is 1. The molecular formula is C10H16O5. The molecule has 5 atom stereocenters. The van der Waals surface area contributed by atoms with Gasteiger partial charge in [-0.15, -0.1) is 0 Å². The van der Waals surface area contributed by atoms with Crippen LogP contribution in [0.25, 0.3) is 0 Å². The van der Waals surface area contributed by atoms with Gasteiger partial charge in [-0.2, -0.15) is 0 Å². The van der Waals surface area contributed by atoms with Crippen molar-refractivity contribution in [3.05, 3.63) is 0 Å². The summed E-state index contributed by atoms with van der Waals surface area (Å²) < 4.78 is 10.7. The van der Waals surface area contributed by atoms with Gasteiger partial charge in [-0.25, -0.2) is 0 Å². The molecule has 0 aliphatic carbocycles. The van der Waals surface area contributed by atoms with Crippen LogP contribution in [0.4, 0.5) is 0 Å². The fourth-order valence-corrected chi connectivity index (χ4v) is 2.23. The molecule has 2 aliphatic heterocycles. The number of rotatable bonds is 2. The van der Waals surface area contributed by atoms with E-state index in [0.29, 0.717) is 12.8 Å². The van der Waals surface area contributed by atoms with Crippen molar-refractivity contribution in [2.75, 3.05) is 0 Å². The Bertz CT molecular complexity index is 252. The van der Waals surface area contributed by atoms with Gasteiger partial charge in [0.2, 0.25) is 0 Å². The Hall–Kier alpha value is -0.650. The summed E-state index contributed by atoms with van der Waals surface area (Å²) in [4.78, 5) is 11.3. The summed E-state index contributed by atoms with van der Waals surface area (Å²) in [5.41, 5.74) is 0. The van der Waals surface area contributed by atoms with Crippen molar-refractivity contribution in [2.24, 2.45) is 0 Å². The third-order valence-electron chi connectivity index (χ3n) is 2.85. The second-order valence-electron chi connectivity index (χ2n) is 4.34. The third-order valence-corrected chi connectivity index (χ3v) is 2.85. The van der Waals surface area contributed by atoms with Gasteiger partial charge in [-0.1, -0.05) is 0 Å². The molecule has 0 saturated carbocycles. The van der Waals surface area contributed by atoms with E-state index in [-0.39, 0.29) is 18.5 Å². The van der Waals surface area contributed by atoms with Crippen molar-refractivity contribution in [3.63, 3.8) is 0 Å². The number of aliphatic hydroxyl groups excluding tert-OH is 2. The molecule has 2 N–H and O–H groups in total. The number of aliphatic hydroxyl groups is 2. The molecule has 5 nitrogen and oxygen atoms in total. The fraction of sp³-hybridized carbons (Fsp3) is 0.900. The first kappa shape index (κ1) is 10.9. The van der Waals surface area contributed by atoms with Crippen LogP contribution in [0.2, 0.25) is 0 Å². The van der Waals surface area contributed by atoms with Gasteiger partial charge in [0.05, 0.1) is 24.7 Å². The van der Waals surface area contributed by atoms with E-state index in [9.17, 15) is 15.0 Å². The van der Waals surface area contributed by atoms with E-state index in [2.05, 4.69) is 0 Å². The normalized spacial score (nSPS) is 42.2. The number of fused-ring (bicyclic) bond motifs is 2. The Morgan fingerprint density at radius 2 is 2.33 bits per heavy atom. The van der Waals surface area contributed by atoms with Crippen LogP contribution in [0.5, 0.6) is 0 Å². The van der Waals surface area contributed by atoms with Gasteiger partial charge >= 0.3 is 5.97 Å². The summed E-state index contributed by atoms with van der Waals surface area (Å²) in [7, 11) is 0. The first-order chi connectivity index (χ1) is 7.06. The van der Waals surface area contributed by atoms with Crippen LogP contribution in [-0.2, 0) is 14.3 Å². The van der Waals surface area contributed by atoms with Crippen LogP contribution in [-0.4, -0.2) is 46.7 Å². The van der Waals surface area contributed by atoms with Crippen molar-refractivity contribution >= 4 is 5.97 Å². The molecule has 2 rings (SSSR count). The number of carbonyl (C=O) groups excluding carboxylic acids is 1. The Labute approximate surface area is 88.0 Å². The molecule has 0 radical (unpaired) electrons. The Morgan fingerprint density at radius 3 is 3.00 bits per heavy atom. The van der Waals surface area contributed by atoms with Gasteiger partial charge in [0, 0.05) is 12.8 Å². The molecule has 0 aromatic carbocycles. The lowest BCUT2D eigenvalue weighted by Gasteiger charge is -2.25. The summed E-state index contributed by atoms with van der Waals surface area (Å²) in [6.07, 6.45) is -1.41. The van der Waals surface area contributed by atoms with E-state index in [4.69, 9.17) is 9.47 Å². The van der Waals surface area contributed by atoms with E-state index >= 15 is 0 Å². The molecule has 86 valence electrons. The van der Waals surface area contributed by atoms with Crippen LogP contribution >= 0.6 is 0 Å². The summed E-state index contributed by atoms with van der Waals surface area (Å²) in [5, 5.41) is 19.0. The fourth-order valence-electron chi connectivity index (χ4n) is 2.23. The lowest BCUT2D eigenvalue weighted by Crippen LogP contribution is -2.39. The molecule has 2 aliphatic rings.